The average Bonchev–Trinajstić information content (AvgIpc) is 0.835. The molecule has 6 aromatic rings. The molecule has 8 rings (SSSR count). The van der Waals surface area contributed by atoms with Gasteiger partial charge in [-0.05, 0) is 174 Å². The van der Waals surface area contributed by atoms with Gasteiger partial charge in [-0.2, -0.15) is 0 Å². The summed E-state index contributed by atoms with van der Waals surface area (Å²) in [6.45, 7) is 14.4. The second-order valence-electron chi connectivity index (χ2n) is 25.8. The molecule has 2 aliphatic rings. The summed E-state index contributed by atoms with van der Waals surface area (Å²) in [7, 11) is 16.1. The smallest absolute Gasteiger partial charge is 0.126 e. The van der Waals surface area contributed by atoms with Gasteiger partial charge in [-0.1, -0.05) is 78.4 Å². The van der Waals surface area contributed by atoms with Gasteiger partial charge in [-0.3, -0.25) is 0 Å². The number of aromatic hydroxyl groups is 6. The van der Waals surface area contributed by atoms with Crippen molar-refractivity contribution >= 4 is 0 Å². The number of benzene rings is 6. The Bertz CT molecular complexity index is 3150. The predicted molar refractivity (Wildman–Crippen MR) is 382 cm³/mol. The predicted octanol–water partition coefficient (Wildman–Crippen LogP) is 15.3. The number of hydrogen-bond donors (Lipinski definition) is 8. The lowest BCUT2D eigenvalue weighted by Crippen LogP contribution is -2.12. The summed E-state index contributed by atoms with van der Waals surface area (Å²) in [6, 6.07) is 22.3. The lowest BCUT2D eigenvalue weighted by atomic mass is 9.82. The second-order valence-corrected chi connectivity index (χ2v) is 25.8. The van der Waals surface area contributed by atoms with Gasteiger partial charge >= 0.3 is 0 Å². The van der Waals surface area contributed by atoms with Crippen molar-refractivity contribution in [3.8, 4) is 34.5 Å². The minimum Gasteiger partial charge on any atom is -0.507 e. The first-order valence-corrected chi connectivity index (χ1v) is 33.8. The van der Waals surface area contributed by atoms with E-state index in [2.05, 4.69) is 39.0 Å². The number of ether oxygens (including phenoxy) is 10. The highest BCUT2D eigenvalue weighted by Crippen LogP contribution is 2.41. The molecule has 8 N–H and O–H groups in total. The third kappa shape index (κ3) is 28.3. The first-order valence-electron chi connectivity index (χ1n) is 33.8. The fraction of sp³-hybridized carbons (Fsp3) is 0.544. The van der Waals surface area contributed by atoms with Gasteiger partial charge in [0.05, 0.1) is 66.1 Å². The van der Waals surface area contributed by atoms with E-state index < -0.39 is 5.82 Å². The Hall–Kier alpha value is -6.43. The number of aliphatic hydroxyl groups excluding tert-OH is 2. The molecule has 2 aliphatic carbocycles. The molecular weight excluding hydrogens is 1260 g/mol. The number of aryl methyl sites for hydroxylation is 2. The Kier molecular flexibility index (Phi) is 41.0. The highest BCUT2D eigenvalue weighted by molar-refractivity contribution is 5.49. The maximum absolute atomic E-state index is 13.0. The average molecular weight is 1370 g/mol. The molecule has 18 nitrogen and oxygen atoms in total. The Morgan fingerprint density at radius 2 is 0.663 bits per heavy atom. The summed E-state index contributed by atoms with van der Waals surface area (Å²) in [6.07, 6.45) is 14.7. The van der Waals surface area contributed by atoms with Crippen molar-refractivity contribution in [3.63, 3.8) is 0 Å². The monoisotopic (exact) mass is 1370 g/mol. The van der Waals surface area contributed by atoms with Gasteiger partial charge in [0.25, 0.3) is 0 Å². The van der Waals surface area contributed by atoms with Gasteiger partial charge in [0.15, 0.2) is 0 Å². The van der Waals surface area contributed by atoms with E-state index in [1.807, 2.05) is 56.3 Å². The minimum atomic E-state index is -0.401. The first-order chi connectivity index (χ1) is 47.0. The van der Waals surface area contributed by atoms with Crippen molar-refractivity contribution in [2.45, 2.75) is 201 Å². The molecule has 0 unspecified atom stereocenters. The highest BCUT2D eigenvalue weighted by atomic mass is 19.1. The largest absolute Gasteiger partial charge is 0.507 e. The van der Waals surface area contributed by atoms with Crippen LogP contribution in [0.2, 0.25) is 0 Å². The normalized spacial score (nSPS) is 13.2. The van der Waals surface area contributed by atoms with E-state index in [9.17, 15) is 35.0 Å². The van der Waals surface area contributed by atoms with Crippen molar-refractivity contribution < 1.29 is 92.6 Å². The summed E-state index contributed by atoms with van der Waals surface area (Å²) in [5.74, 6) is 2.38. The van der Waals surface area contributed by atoms with Crippen LogP contribution in [-0.4, -0.2) is 125 Å². The van der Waals surface area contributed by atoms with Crippen LogP contribution in [0, 0.1) is 12.7 Å². The molecule has 0 radical (unpaired) electrons. The molecule has 0 spiro atoms. The molecule has 0 aromatic heterocycles. The lowest BCUT2D eigenvalue weighted by molar-refractivity contribution is 0.173. The Morgan fingerprint density at radius 1 is 0.357 bits per heavy atom. The van der Waals surface area contributed by atoms with E-state index in [-0.39, 0.29) is 49.1 Å². The standard InChI is InChI=1S/2C16H24O3.C14H22O3.C12H18O3.C11H16O3.C10H13FO3/c1-18-10-12-8-14(11-19-2)16(17)15(9-12)13-6-4-3-5-7-13;1-18-10-14-8-13(12-6-4-3-5-7-12)9-15(11-19-2)16(14)17;1-14(2,3)12-6-10(8-16-4)13(15)11(7-12)9-17-5;1-3-10-6-9(4-5-13)7-11(8-15-2)12(10)14;1-8-5-9(3-4-12)6-10(7-14-2)11(8)13;1-13-5-7-3-9(11)4-8(6-14-2)10(7)12/h8-9,13,17H,3-7,10-11H2,1-2H3;8-9,12,17H,3-7,10-11H2,1-2H3;6-7,15H,8-9H2,1-5H3;6-7,13-14H,3-5,8H2,1-2H3;5-6,12-13H,3-4,7H2,1-2H3;3-4,12H,5-6H2,1-2H3. The molecule has 0 bridgehead atoms. The van der Waals surface area contributed by atoms with E-state index in [0.717, 1.165) is 78.7 Å². The molecule has 98 heavy (non-hydrogen) atoms. The molecular formula is C79H117FO18. The van der Waals surface area contributed by atoms with E-state index in [1.54, 1.807) is 56.9 Å². The van der Waals surface area contributed by atoms with E-state index in [1.165, 1.54) is 102 Å². The molecule has 0 heterocycles. The number of aliphatic hydroxyl groups is 2. The number of rotatable bonds is 27. The summed E-state index contributed by atoms with van der Waals surface area (Å²) in [5.41, 5.74) is 15.2. The van der Waals surface area contributed by atoms with Crippen LogP contribution in [0.3, 0.4) is 0 Å². The summed E-state index contributed by atoms with van der Waals surface area (Å²) >= 11 is 0. The fourth-order valence-electron chi connectivity index (χ4n) is 12.1. The van der Waals surface area contributed by atoms with E-state index in [0.29, 0.717) is 106 Å². The number of phenolic OH excluding ortho intramolecular Hbond substituents is 6. The molecule has 548 valence electrons. The zero-order valence-corrected chi connectivity index (χ0v) is 61.3. The second kappa shape index (κ2) is 46.8. The highest BCUT2D eigenvalue weighted by Gasteiger charge is 2.23. The SMILES string of the molecule is CCc1cc(CCO)cc(COC)c1O.COCc1cc(C(C)(C)C)cc(COC)c1O.COCc1cc(C2CCCCC2)cc(COC)c1O.COCc1cc(CCO)cc(C)c1O.COCc1cc(COC)c(O)c(C2CCCCC2)c1.COCc1cc(F)cc(COC)c1O. The number of hydrogen-bond acceptors (Lipinski definition) is 18. The van der Waals surface area contributed by atoms with Crippen LogP contribution < -0.4 is 0 Å². The van der Waals surface area contributed by atoms with Crippen LogP contribution in [0.4, 0.5) is 4.39 Å². The molecule has 2 fully saturated rings. The summed E-state index contributed by atoms with van der Waals surface area (Å²) in [5, 5.41) is 77.6. The van der Waals surface area contributed by atoms with Crippen molar-refractivity contribution in [1.29, 1.82) is 0 Å². The molecule has 0 amide bonds. The van der Waals surface area contributed by atoms with Gasteiger partial charge < -0.3 is 88.2 Å². The Balaban J connectivity index is 0.000000308. The van der Waals surface area contributed by atoms with Gasteiger partial charge in [-0.25, -0.2) is 4.39 Å². The number of phenols is 6. The number of halogens is 1. The van der Waals surface area contributed by atoms with Crippen molar-refractivity contribution in [1.82, 2.24) is 0 Å². The van der Waals surface area contributed by atoms with Crippen LogP contribution in [0.15, 0.2) is 72.8 Å². The van der Waals surface area contributed by atoms with Crippen LogP contribution >= 0.6 is 0 Å². The fourth-order valence-corrected chi connectivity index (χ4v) is 12.1. The molecule has 0 saturated heterocycles. The first kappa shape index (κ1) is 85.8. The van der Waals surface area contributed by atoms with Crippen LogP contribution in [0.5, 0.6) is 34.5 Å². The van der Waals surface area contributed by atoms with Crippen molar-refractivity contribution in [3.05, 3.63) is 173 Å². The zero-order chi connectivity index (χ0) is 72.7. The maximum Gasteiger partial charge on any atom is 0.126 e. The molecule has 2 saturated carbocycles. The molecule has 6 aromatic carbocycles. The zero-order valence-electron chi connectivity index (χ0n) is 61.3. The van der Waals surface area contributed by atoms with Gasteiger partial charge in [0.2, 0.25) is 0 Å². The third-order valence-electron chi connectivity index (χ3n) is 17.0. The van der Waals surface area contributed by atoms with Crippen LogP contribution in [0.25, 0.3) is 0 Å². The minimum absolute atomic E-state index is 0.0371. The molecule has 0 atom stereocenters. The van der Waals surface area contributed by atoms with Crippen molar-refractivity contribution in [2.75, 3.05) is 84.3 Å². The Labute approximate surface area is 583 Å². The van der Waals surface area contributed by atoms with E-state index >= 15 is 0 Å². The summed E-state index contributed by atoms with van der Waals surface area (Å²) < 4.78 is 63.7. The van der Waals surface area contributed by atoms with Gasteiger partial charge in [0.1, 0.15) is 40.3 Å². The van der Waals surface area contributed by atoms with Gasteiger partial charge in [0, 0.05) is 134 Å². The summed E-state index contributed by atoms with van der Waals surface area (Å²) in [4.78, 5) is 0. The Morgan fingerprint density at radius 3 is 1.03 bits per heavy atom. The van der Waals surface area contributed by atoms with Crippen LogP contribution in [0.1, 0.15) is 198 Å². The maximum atomic E-state index is 13.0. The molecule has 0 aliphatic heterocycles. The quantitative estimate of drug-likeness (QED) is 0.0239. The van der Waals surface area contributed by atoms with Crippen LogP contribution in [-0.2, 0) is 138 Å². The van der Waals surface area contributed by atoms with Crippen molar-refractivity contribution in [2.24, 2.45) is 0 Å². The molecule has 19 heteroatoms. The lowest BCUT2D eigenvalue weighted by Gasteiger charge is -2.24. The van der Waals surface area contributed by atoms with E-state index in [4.69, 9.17) is 57.6 Å². The topological polar surface area (TPSA) is 254 Å². The third-order valence-corrected chi connectivity index (χ3v) is 17.0. The number of methoxy groups -OCH3 is 10. The van der Waals surface area contributed by atoms with Gasteiger partial charge in [-0.15, -0.1) is 0 Å².